The van der Waals surface area contributed by atoms with Crippen LogP contribution in [0.2, 0.25) is 0 Å². The summed E-state index contributed by atoms with van der Waals surface area (Å²) in [6.45, 7) is 1.59. The third kappa shape index (κ3) is 2.33. The van der Waals surface area contributed by atoms with Crippen molar-refractivity contribution in [2.45, 2.75) is 6.42 Å². The van der Waals surface area contributed by atoms with Gasteiger partial charge in [-0.15, -0.1) is 0 Å². The summed E-state index contributed by atoms with van der Waals surface area (Å²) >= 11 is 0. The minimum Gasteiger partial charge on any atom is -0.388 e. The molecule has 0 radical (unpaired) electrons. The van der Waals surface area contributed by atoms with Gasteiger partial charge in [-0.05, 0) is 30.7 Å². The largest absolute Gasteiger partial charge is 0.388 e. The third-order valence-electron chi connectivity index (χ3n) is 2.66. The van der Waals surface area contributed by atoms with Crippen molar-refractivity contribution in [1.29, 1.82) is 0 Å². The summed E-state index contributed by atoms with van der Waals surface area (Å²) in [7, 11) is 1.87. The number of hydrogen-bond donors (Lipinski definition) is 1. The number of amides is 1. The number of anilines is 2. The Kier molecular flexibility index (Phi) is 3.41. The molecule has 1 saturated heterocycles. The van der Waals surface area contributed by atoms with Gasteiger partial charge in [0.2, 0.25) is 0 Å². The Labute approximate surface area is 95.2 Å². The maximum absolute atomic E-state index is 11.8. The average molecular weight is 220 g/mol. The van der Waals surface area contributed by atoms with E-state index >= 15 is 0 Å². The van der Waals surface area contributed by atoms with Crippen LogP contribution >= 0.6 is 0 Å². The number of benzene rings is 1. The highest BCUT2D eigenvalue weighted by molar-refractivity contribution is 5.94. The lowest BCUT2D eigenvalue weighted by Crippen LogP contribution is -2.32. The van der Waals surface area contributed by atoms with Crippen LogP contribution in [0, 0.1) is 0 Å². The van der Waals surface area contributed by atoms with Crippen molar-refractivity contribution in [2.75, 3.05) is 37.0 Å². The minimum absolute atomic E-state index is 0.0368. The standard InChI is InChI=1S/C12H16N2O2/c1-13-10-3-5-11(6-4-10)14-7-2-8-16-9-12(14)15/h3-6,13H,2,7-9H2,1H3. The Balaban J connectivity index is 2.17. The summed E-state index contributed by atoms with van der Waals surface area (Å²) in [6.07, 6.45) is 0.888. The second-order valence-corrected chi connectivity index (χ2v) is 3.75. The van der Waals surface area contributed by atoms with Crippen molar-refractivity contribution in [1.82, 2.24) is 0 Å². The molecule has 2 rings (SSSR count). The monoisotopic (exact) mass is 220 g/mol. The van der Waals surface area contributed by atoms with Gasteiger partial charge in [0.25, 0.3) is 5.91 Å². The second kappa shape index (κ2) is 4.99. The van der Waals surface area contributed by atoms with Gasteiger partial charge in [0.05, 0.1) is 0 Å². The van der Waals surface area contributed by atoms with Gasteiger partial charge in [0, 0.05) is 31.6 Å². The first kappa shape index (κ1) is 11.0. The molecule has 1 aliphatic heterocycles. The summed E-state index contributed by atoms with van der Waals surface area (Å²) in [5.74, 6) is 0.0368. The summed E-state index contributed by atoms with van der Waals surface area (Å²) < 4.78 is 5.20. The molecule has 0 aromatic heterocycles. The number of nitrogens with zero attached hydrogens (tertiary/aromatic N) is 1. The maximum Gasteiger partial charge on any atom is 0.252 e. The lowest BCUT2D eigenvalue weighted by Gasteiger charge is -2.20. The molecule has 0 aliphatic carbocycles. The molecule has 0 unspecified atom stereocenters. The fraction of sp³-hybridized carbons (Fsp3) is 0.417. The van der Waals surface area contributed by atoms with Gasteiger partial charge in [-0.2, -0.15) is 0 Å². The quantitative estimate of drug-likeness (QED) is 0.820. The van der Waals surface area contributed by atoms with E-state index in [4.69, 9.17) is 4.74 Å². The van der Waals surface area contributed by atoms with E-state index in [1.807, 2.05) is 31.3 Å². The van der Waals surface area contributed by atoms with E-state index in [-0.39, 0.29) is 12.5 Å². The van der Waals surface area contributed by atoms with E-state index in [0.717, 1.165) is 24.3 Å². The summed E-state index contributed by atoms with van der Waals surface area (Å²) in [5.41, 5.74) is 1.98. The van der Waals surface area contributed by atoms with Gasteiger partial charge >= 0.3 is 0 Å². The Bertz CT molecular complexity index is 362. The van der Waals surface area contributed by atoms with Crippen LogP contribution in [0.1, 0.15) is 6.42 Å². The number of carbonyl (C=O) groups excluding carboxylic acids is 1. The molecule has 16 heavy (non-hydrogen) atoms. The molecule has 1 aliphatic rings. The van der Waals surface area contributed by atoms with E-state index in [1.165, 1.54) is 0 Å². The van der Waals surface area contributed by atoms with Crippen LogP contribution in [-0.4, -0.2) is 32.7 Å². The van der Waals surface area contributed by atoms with E-state index < -0.39 is 0 Å². The Morgan fingerprint density at radius 2 is 2.06 bits per heavy atom. The van der Waals surface area contributed by atoms with Gasteiger partial charge in [-0.3, -0.25) is 4.79 Å². The van der Waals surface area contributed by atoms with Crippen molar-refractivity contribution in [3.05, 3.63) is 24.3 Å². The Morgan fingerprint density at radius 1 is 1.31 bits per heavy atom. The molecule has 1 fully saturated rings. The SMILES string of the molecule is CNc1ccc(N2CCCOCC2=O)cc1. The van der Waals surface area contributed by atoms with Gasteiger partial charge in [0.15, 0.2) is 0 Å². The Hall–Kier alpha value is -1.55. The normalized spacial score (nSPS) is 17.1. The predicted octanol–water partition coefficient (Wildman–Crippen LogP) is 1.48. The number of hydrogen-bond acceptors (Lipinski definition) is 3. The molecule has 86 valence electrons. The summed E-state index contributed by atoms with van der Waals surface area (Å²) in [6, 6.07) is 7.84. The molecule has 4 nitrogen and oxygen atoms in total. The lowest BCUT2D eigenvalue weighted by atomic mass is 10.2. The fourth-order valence-corrected chi connectivity index (χ4v) is 1.77. The zero-order valence-corrected chi connectivity index (χ0v) is 9.40. The second-order valence-electron chi connectivity index (χ2n) is 3.75. The van der Waals surface area contributed by atoms with Crippen molar-refractivity contribution < 1.29 is 9.53 Å². The number of ether oxygens (including phenoxy) is 1. The molecule has 0 saturated carbocycles. The van der Waals surface area contributed by atoms with Gasteiger partial charge in [0.1, 0.15) is 6.61 Å². The number of rotatable bonds is 2. The fourth-order valence-electron chi connectivity index (χ4n) is 1.77. The van der Waals surface area contributed by atoms with E-state index in [9.17, 15) is 4.79 Å². The van der Waals surface area contributed by atoms with E-state index in [1.54, 1.807) is 4.90 Å². The van der Waals surface area contributed by atoms with Gasteiger partial charge < -0.3 is 15.0 Å². The molecule has 0 atom stereocenters. The molecular formula is C12H16N2O2. The molecule has 1 aromatic rings. The first-order valence-corrected chi connectivity index (χ1v) is 5.47. The first-order valence-electron chi connectivity index (χ1n) is 5.47. The number of carbonyl (C=O) groups is 1. The smallest absolute Gasteiger partial charge is 0.252 e. The number of nitrogens with one attached hydrogen (secondary N) is 1. The van der Waals surface area contributed by atoms with Gasteiger partial charge in [-0.1, -0.05) is 0 Å². The van der Waals surface area contributed by atoms with Crippen LogP contribution in [0.15, 0.2) is 24.3 Å². The molecule has 1 N–H and O–H groups in total. The van der Waals surface area contributed by atoms with Crippen LogP contribution in [0.5, 0.6) is 0 Å². The summed E-state index contributed by atoms with van der Waals surface area (Å²) in [4.78, 5) is 13.5. The molecule has 1 aromatic carbocycles. The molecular weight excluding hydrogens is 204 g/mol. The topological polar surface area (TPSA) is 41.6 Å². The first-order chi connectivity index (χ1) is 7.81. The highest BCUT2D eigenvalue weighted by Crippen LogP contribution is 2.19. The van der Waals surface area contributed by atoms with Gasteiger partial charge in [-0.25, -0.2) is 0 Å². The predicted molar refractivity (Wildman–Crippen MR) is 63.8 cm³/mol. The van der Waals surface area contributed by atoms with Crippen molar-refractivity contribution in [3.63, 3.8) is 0 Å². The molecule has 1 heterocycles. The van der Waals surface area contributed by atoms with Crippen molar-refractivity contribution >= 4 is 17.3 Å². The third-order valence-corrected chi connectivity index (χ3v) is 2.66. The molecule has 0 spiro atoms. The zero-order chi connectivity index (χ0) is 11.4. The lowest BCUT2D eigenvalue weighted by molar-refractivity contribution is -0.122. The minimum atomic E-state index is 0.0368. The van der Waals surface area contributed by atoms with Crippen LogP contribution < -0.4 is 10.2 Å². The van der Waals surface area contributed by atoms with E-state index in [0.29, 0.717) is 6.61 Å². The molecule has 1 amide bonds. The summed E-state index contributed by atoms with van der Waals surface area (Å²) in [5, 5.41) is 3.05. The average Bonchev–Trinajstić information content (AvgIpc) is 2.54. The van der Waals surface area contributed by atoms with Crippen molar-refractivity contribution in [2.24, 2.45) is 0 Å². The highest BCUT2D eigenvalue weighted by atomic mass is 16.5. The van der Waals surface area contributed by atoms with Crippen LogP contribution in [0.3, 0.4) is 0 Å². The van der Waals surface area contributed by atoms with Crippen LogP contribution in [0.25, 0.3) is 0 Å². The maximum atomic E-state index is 11.8. The van der Waals surface area contributed by atoms with E-state index in [2.05, 4.69) is 5.32 Å². The molecule has 4 heteroatoms. The molecule has 0 bridgehead atoms. The van der Waals surface area contributed by atoms with Crippen LogP contribution in [0.4, 0.5) is 11.4 Å². The highest BCUT2D eigenvalue weighted by Gasteiger charge is 2.18. The van der Waals surface area contributed by atoms with Crippen molar-refractivity contribution in [3.8, 4) is 0 Å². The van der Waals surface area contributed by atoms with Crippen LogP contribution in [-0.2, 0) is 9.53 Å². The zero-order valence-electron chi connectivity index (χ0n) is 9.40. The Morgan fingerprint density at radius 3 is 2.75 bits per heavy atom.